The van der Waals surface area contributed by atoms with E-state index in [1.807, 2.05) is 12.4 Å². The summed E-state index contributed by atoms with van der Waals surface area (Å²) in [6.45, 7) is 5.16. The van der Waals surface area contributed by atoms with E-state index < -0.39 is 0 Å². The van der Waals surface area contributed by atoms with Crippen LogP contribution in [0.3, 0.4) is 0 Å². The molecule has 0 amide bonds. The van der Waals surface area contributed by atoms with E-state index in [9.17, 15) is 0 Å². The molecule has 1 saturated carbocycles. The summed E-state index contributed by atoms with van der Waals surface area (Å²) in [6, 6.07) is 11.0. The Morgan fingerprint density at radius 1 is 0.909 bits per heavy atom. The Labute approximate surface area is 196 Å². The second kappa shape index (κ2) is 9.54. The number of anilines is 2. The molecule has 2 saturated heterocycles. The fraction of sp³-hybridized carbons (Fsp3) is 0.600. The third kappa shape index (κ3) is 4.57. The van der Waals surface area contributed by atoms with Crippen LogP contribution < -0.4 is 15.1 Å². The quantitative estimate of drug-likeness (QED) is 0.759. The zero-order valence-corrected chi connectivity index (χ0v) is 19.9. The lowest BCUT2D eigenvalue weighted by Crippen LogP contribution is -2.58. The predicted octanol–water partition coefficient (Wildman–Crippen LogP) is 2.42. The van der Waals surface area contributed by atoms with Crippen molar-refractivity contribution >= 4 is 11.6 Å². The predicted molar refractivity (Wildman–Crippen MR) is 129 cm³/mol. The smallest absolute Gasteiger partial charge is 0.225 e. The van der Waals surface area contributed by atoms with Crippen LogP contribution in [0.25, 0.3) is 0 Å². The molecule has 0 unspecified atom stereocenters. The molecule has 1 spiro atoms. The maximum atomic E-state index is 5.94. The van der Waals surface area contributed by atoms with Gasteiger partial charge in [0.2, 0.25) is 5.95 Å². The highest BCUT2D eigenvalue weighted by Gasteiger charge is 2.46. The fourth-order valence-corrected chi connectivity index (χ4v) is 5.62. The average Bonchev–Trinajstić information content (AvgIpc) is 3.08. The highest BCUT2D eigenvalue weighted by molar-refractivity contribution is 5.46. The summed E-state index contributed by atoms with van der Waals surface area (Å²) in [5, 5.41) is 3.74. The highest BCUT2D eigenvalue weighted by atomic mass is 16.5. The summed E-state index contributed by atoms with van der Waals surface area (Å²) in [6.07, 6.45) is 8.28. The van der Waals surface area contributed by atoms with Crippen molar-refractivity contribution in [1.29, 1.82) is 0 Å². The number of hydrogen-bond acceptors (Lipinski definition) is 8. The molecule has 178 valence electrons. The molecule has 8 nitrogen and oxygen atoms in total. The van der Waals surface area contributed by atoms with Crippen molar-refractivity contribution in [2.24, 2.45) is 0 Å². The zero-order valence-electron chi connectivity index (χ0n) is 19.9. The van der Waals surface area contributed by atoms with Gasteiger partial charge in [0.15, 0.2) is 0 Å². The van der Waals surface area contributed by atoms with Crippen LogP contribution in [0.1, 0.15) is 31.2 Å². The number of nitrogens with zero attached hydrogens (tertiary/aromatic N) is 5. The molecule has 0 radical (unpaired) electrons. The number of aromatic nitrogens is 2. The van der Waals surface area contributed by atoms with E-state index in [2.05, 4.69) is 74.4 Å². The van der Waals surface area contributed by atoms with Gasteiger partial charge in [0.1, 0.15) is 6.73 Å². The molecule has 1 N–H and O–H groups in total. The van der Waals surface area contributed by atoms with E-state index in [0.717, 1.165) is 70.2 Å². The van der Waals surface area contributed by atoms with Gasteiger partial charge in [-0.2, -0.15) is 0 Å². The molecular formula is C25H36N6O2. The first-order chi connectivity index (χ1) is 16.1. The van der Waals surface area contributed by atoms with E-state index in [4.69, 9.17) is 9.47 Å². The number of benzene rings is 1. The normalized spacial score (nSPS) is 28.8. The van der Waals surface area contributed by atoms with Gasteiger partial charge in [-0.15, -0.1) is 0 Å². The number of rotatable bonds is 4. The maximum absolute atomic E-state index is 5.94. The minimum absolute atomic E-state index is 0.0215. The Morgan fingerprint density at radius 3 is 2.27 bits per heavy atom. The first-order valence-corrected chi connectivity index (χ1v) is 12.1. The topological polar surface area (TPSA) is 66.0 Å². The molecule has 33 heavy (non-hydrogen) atoms. The first-order valence-electron chi connectivity index (χ1n) is 12.1. The van der Waals surface area contributed by atoms with Crippen LogP contribution in [0.2, 0.25) is 0 Å². The molecule has 1 aromatic heterocycles. The van der Waals surface area contributed by atoms with Crippen LogP contribution in [0, 0.1) is 0 Å². The third-order valence-corrected chi connectivity index (χ3v) is 7.78. The number of nitrogens with one attached hydrogen (secondary N) is 1. The molecule has 3 fully saturated rings. The second-order valence-corrected chi connectivity index (χ2v) is 9.77. The van der Waals surface area contributed by atoms with Gasteiger partial charge in [-0.05, 0) is 45.3 Å². The van der Waals surface area contributed by atoms with Gasteiger partial charge < -0.3 is 19.3 Å². The zero-order chi connectivity index (χ0) is 22.7. The monoisotopic (exact) mass is 452 g/mol. The number of hydrogen-bond donors (Lipinski definition) is 1. The van der Waals surface area contributed by atoms with E-state index in [1.54, 1.807) is 0 Å². The van der Waals surface area contributed by atoms with Crippen LogP contribution in [0.5, 0.6) is 0 Å². The summed E-state index contributed by atoms with van der Waals surface area (Å²) in [5.41, 5.74) is 2.53. The summed E-state index contributed by atoms with van der Waals surface area (Å²) < 4.78 is 11.4. The van der Waals surface area contributed by atoms with Gasteiger partial charge in [-0.3, -0.25) is 10.2 Å². The summed E-state index contributed by atoms with van der Waals surface area (Å²) in [5.74, 6) is 0.780. The lowest BCUT2D eigenvalue weighted by Gasteiger charge is -2.50. The van der Waals surface area contributed by atoms with Crippen molar-refractivity contribution < 1.29 is 9.47 Å². The minimum Gasteiger partial charge on any atom is -0.378 e. The largest absolute Gasteiger partial charge is 0.378 e. The van der Waals surface area contributed by atoms with Gasteiger partial charge in [-0.25, -0.2) is 9.97 Å². The molecule has 0 atom stereocenters. The average molecular weight is 453 g/mol. The first kappa shape index (κ1) is 22.5. The molecule has 1 aromatic carbocycles. The molecule has 1 aliphatic carbocycles. The van der Waals surface area contributed by atoms with Gasteiger partial charge in [0.05, 0.1) is 38.0 Å². The Hall–Kier alpha value is -2.26. The van der Waals surface area contributed by atoms with Crippen LogP contribution >= 0.6 is 0 Å². The lowest BCUT2D eigenvalue weighted by molar-refractivity contribution is 0.0474. The van der Waals surface area contributed by atoms with Crippen molar-refractivity contribution in [2.75, 3.05) is 70.2 Å². The van der Waals surface area contributed by atoms with Crippen molar-refractivity contribution in [1.82, 2.24) is 20.2 Å². The van der Waals surface area contributed by atoms with E-state index in [0.29, 0.717) is 13.5 Å². The molecule has 2 aliphatic heterocycles. The van der Waals surface area contributed by atoms with Crippen molar-refractivity contribution in [3.8, 4) is 0 Å². The van der Waals surface area contributed by atoms with Gasteiger partial charge in [0.25, 0.3) is 0 Å². The summed E-state index contributed by atoms with van der Waals surface area (Å²) in [4.78, 5) is 16.2. The Balaban J connectivity index is 1.31. The lowest BCUT2D eigenvalue weighted by atomic mass is 9.68. The molecule has 5 rings (SSSR count). The van der Waals surface area contributed by atoms with Crippen LogP contribution in [-0.2, 0) is 15.0 Å². The standard InChI is InChI=1S/C25H36N6O2/c1-29(2)25(21-6-4-3-5-7-21)10-8-24(9-11-25)18-31(20-33-19-28-24)22-16-26-23(27-17-22)30-12-14-32-15-13-30/h3-7,16-17,28H,8-15,18-20H2,1-2H3/t24-,25+. The van der Waals surface area contributed by atoms with Crippen molar-refractivity contribution in [3.63, 3.8) is 0 Å². The van der Waals surface area contributed by atoms with E-state index in [-0.39, 0.29) is 11.1 Å². The third-order valence-electron chi connectivity index (χ3n) is 7.78. The van der Waals surface area contributed by atoms with Gasteiger partial charge >= 0.3 is 0 Å². The molecule has 3 heterocycles. The molecule has 0 bridgehead atoms. The maximum Gasteiger partial charge on any atom is 0.225 e. The summed E-state index contributed by atoms with van der Waals surface area (Å²) in [7, 11) is 4.43. The van der Waals surface area contributed by atoms with E-state index in [1.165, 1.54) is 5.56 Å². The number of ether oxygens (including phenoxy) is 2. The molecule has 3 aliphatic rings. The fourth-order valence-electron chi connectivity index (χ4n) is 5.62. The molecule has 2 aromatic rings. The highest BCUT2D eigenvalue weighted by Crippen LogP contribution is 2.45. The van der Waals surface area contributed by atoms with E-state index >= 15 is 0 Å². The molecule has 8 heteroatoms. The van der Waals surface area contributed by atoms with Gasteiger partial charge in [-0.1, -0.05) is 30.3 Å². The van der Waals surface area contributed by atoms with Gasteiger partial charge in [0, 0.05) is 30.7 Å². The van der Waals surface area contributed by atoms with Crippen LogP contribution in [-0.4, -0.2) is 80.8 Å². The molecular weight excluding hydrogens is 416 g/mol. The SMILES string of the molecule is CN(C)[C@]1(c2ccccc2)CC[C@]2(CC1)CN(c1cnc(N3CCOCC3)nc1)COCN2. The summed E-state index contributed by atoms with van der Waals surface area (Å²) >= 11 is 0. The van der Waals surface area contributed by atoms with Crippen molar-refractivity contribution in [3.05, 3.63) is 48.3 Å². The van der Waals surface area contributed by atoms with Crippen LogP contribution in [0.15, 0.2) is 42.7 Å². The van der Waals surface area contributed by atoms with Crippen molar-refractivity contribution in [2.45, 2.75) is 36.8 Å². The minimum atomic E-state index is 0.0215. The van der Waals surface area contributed by atoms with Crippen LogP contribution in [0.4, 0.5) is 11.6 Å². The Kier molecular flexibility index (Phi) is 6.51. The Bertz CT molecular complexity index is 893. The second-order valence-electron chi connectivity index (χ2n) is 9.77. The number of morpholine rings is 1. The Morgan fingerprint density at radius 2 is 1.61 bits per heavy atom.